The minimum absolute atomic E-state index is 0. The van der Waals surface area contributed by atoms with Gasteiger partial charge >= 0.3 is 20.1 Å². The SMILES string of the molecule is CN1[CH-]N2c3[c-]cc4c(c3Oc3cccc1c32)C(C)(C)CCC4(C)C.[Ir+3].[c-]1ccccc1-c1ccccn1. The van der Waals surface area contributed by atoms with Crippen LogP contribution in [0, 0.1) is 18.8 Å². The maximum Gasteiger partial charge on any atom is 3.00 e. The number of nitrogens with zero attached hydrogens (tertiary/aromatic N) is 3. The van der Waals surface area contributed by atoms with Crippen LogP contribution in [0.5, 0.6) is 11.5 Å². The van der Waals surface area contributed by atoms with Gasteiger partial charge < -0.3 is 19.5 Å². The minimum Gasteiger partial charge on any atom is -0.512 e. The van der Waals surface area contributed by atoms with Crippen LogP contribution >= 0.6 is 0 Å². The average Bonchev–Trinajstić information content (AvgIpc) is 3.25. The first-order chi connectivity index (χ1) is 17.8. The van der Waals surface area contributed by atoms with E-state index in [-0.39, 0.29) is 30.9 Å². The first-order valence-electron chi connectivity index (χ1n) is 12.9. The van der Waals surface area contributed by atoms with E-state index in [2.05, 4.69) is 92.6 Å². The van der Waals surface area contributed by atoms with Gasteiger partial charge in [-0.15, -0.1) is 47.0 Å². The quantitative estimate of drug-likeness (QED) is 0.190. The Morgan fingerprint density at radius 3 is 2.45 bits per heavy atom. The van der Waals surface area contributed by atoms with E-state index < -0.39 is 0 Å². The van der Waals surface area contributed by atoms with Gasteiger partial charge in [-0.05, 0) is 42.8 Å². The molecule has 0 saturated carbocycles. The molecule has 1 aromatic heterocycles. The van der Waals surface area contributed by atoms with Gasteiger partial charge in [-0.2, -0.15) is 18.8 Å². The second kappa shape index (κ2) is 9.87. The van der Waals surface area contributed by atoms with E-state index in [9.17, 15) is 0 Å². The maximum atomic E-state index is 6.52. The zero-order valence-corrected chi connectivity index (χ0v) is 24.9. The van der Waals surface area contributed by atoms with Crippen molar-refractivity contribution in [2.24, 2.45) is 0 Å². The van der Waals surface area contributed by atoms with Gasteiger partial charge in [0.15, 0.2) is 0 Å². The van der Waals surface area contributed by atoms with Gasteiger partial charge in [-0.1, -0.05) is 63.4 Å². The smallest absolute Gasteiger partial charge is 0.512 e. The molecule has 1 aliphatic carbocycles. The van der Waals surface area contributed by atoms with Gasteiger partial charge in [0.1, 0.15) is 5.75 Å². The monoisotopic (exact) mass is 679 g/mol. The second-order valence-corrected chi connectivity index (χ2v) is 11.3. The molecule has 3 heterocycles. The Kier molecular flexibility index (Phi) is 6.87. The summed E-state index contributed by atoms with van der Waals surface area (Å²) in [6.45, 7) is 11.5. The van der Waals surface area contributed by atoms with E-state index >= 15 is 0 Å². The number of fused-ring (bicyclic) bond motifs is 4. The molecule has 4 aromatic rings. The molecule has 0 bridgehead atoms. The number of rotatable bonds is 1. The van der Waals surface area contributed by atoms with Crippen molar-refractivity contribution >= 4 is 17.1 Å². The summed E-state index contributed by atoms with van der Waals surface area (Å²) in [6.07, 6.45) is 4.15. The molecule has 3 aromatic carbocycles. The summed E-state index contributed by atoms with van der Waals surface area (Å²) in [4.78, 5) is 8.61. The van der Waals surface area contributed by atoms with Crippen LogP contribution in [0.3, 0.4) is 0 Å². The van der Waals surface area contributed by atoms with Crippen molar-refractivity contribution in [1.29, 1.82) is 0 Å². The van der Waals surface area contributed by atoms with Crippen LogP contribution in [-0.2, 0) is 30.9 Å². The molecule has 0 amide bonds. The summed E-state index contributed by atoms with van der Waals surface area (Å²) in [6, 6.07) is 28.8. The summed E-state index contributed by atoms with van der Waals surface area (Å²) in [5.41, 5.74) is 8.35. The Bertz CT molecular complexity index is 1410. The number of hydrogen-bond acceptors (Lipinski definition) is 4. The Labute approximate surface area is 240 Å². The van der Waals surface area contributed by atoms with Crippen molar-refractivity contribution in [3.8, 4) is 22.8 Å². The molecule has 38 heavy (non-hydrogen) atoms. The maximum absolute atomic E-state index is 6.52. The summed E-state index contributed by atoms with van der Waals surface area (Å²) in [5.74, 6) is 1.93. The normalized spacial score (nSPS) is 17.1. The van der Waals surface area contributed by atoms with Crippen molar-refractivity contribution in [3.05, 3.63) is 103 Å². The van der Waals surface area contributed by atoms with Crippen molar-refractivity contribution in [2.75, 3.05) is 16.8 Å². The number of hydrogen-bond donors (Lipinski definition) is 0. The van der Waals surface area contributed by atoms with E-state index in [4.69, 9.17) is 4.74 Å². The van der Waals surface area contributed by atoms with Gasteiger partial charge in [0.2, 0.25) is 0 Å². The second-order valence-electron chi connectivity index (χ2n) is 11.3. The summed E-state index contributed by atoms with van der Waals surface area (Å²) >= 11 is 0. The van der Waals surface area contributed by atoms with Crippen LogP contribution in [-0.4, -0.2) is 12.0 Å². The Hall–Kier alpha value is -3.14. The summed E-state index contributed by atoms with van der Waals surface area (Å²) in [7, 11) is 2.08. The summed E-state index contributed by atoms with van der Waals surface area (Å²) < 4.78 is 6.52. The molecule has 194 valence electrons. The number of para-hydroxylation sites is 1. The number of benzene rings is 3. The Balaban J connectivity index is 0.000000191. The first kappa shape index (κ1) is 26.5. The summed E-state index contributed by atoms with van der Waals surface area (Å²) in [5, 5.41) is 0. The van der Waals surface area contributed by atoms with Gasteiger partial charge in [-0.25, -0.2) is 0 Å². The van der Waals surface area contributed by atoms with Crippen molar-refractivity contribution in [3.63, 3.8) is 0 Å². The van der Waals surface area contributed by atoms with Crippen LogP contribution in [0.4, 0.5) is 17.1 Å². The van der Waals surface area contributed by atoms with Crippen molar-refractivity contribution in [1.82, 2.24) is 4.98 Å². The third kappa shape index (κ3) is 4.42. The predicted molar refractivity (Wildman–Crippen MR) is 150 cm³/mol. The topological polar surface area (TPSA) is 28.6 Å². The number of ether oxygens (including phenoxy) is 1. The molecule has 4 nitrogen and oxygen atoms in total. The third-order valence-corrected chi connectivity index (χ3v) is 7.84. The van der Waals surface area contributed by atoms with Gasteiger partial charge in [0.25, 0.3) is 0 Å². The van der Waals surface area contributed by atoms with Crippen LogP contribution in [0.15, 0.2) is 72.9 Å². The molecular weight excluding hydrogens is 647 g/mol. The molecule has 2 aliphatic heterocycles. The van der Waals surface area contributed by atoms with Crippen molar-refractivity contribution in [2.45, 2.75) is 51.4 Å². The van der Waals surface area contributed by atoms with E-state index in [0.29, 0.717) is 0 Å². The van der Waals surface area contributed by atoms with Crippen LogP contribution in [0.2, 0.25) is 0 Å². The van der Waals surface area contributed by atoms with Crippen LogP contribution in [0.25, 0.3) is 11.3 Å². The predicted octanol–water partition coefficient (Wildman–Crippen LogP) is 8.19. The Morgan fingerprint density at radius 2 is 1.71 bits per heavy atom. The minimum atomic E-state index is 0. The molecule has 0 unspecified atom stereocenters. The fourth-order valence-corrected chi connectivity index (χ4v) is 5.65. The number of aromatic nitrogens is 1. The number of anilines is 3. The average molecular weight is 679 g/mol. The molecule has 0 atom stereocenters. The molecule has 0 spiro atoms. The largest absolute Gasteiger partial charge is 3.00 e. The molecule has 3 aliphatic rings. The van der Waals surface area contributed by atoms with Gasteiger partial charge in [0.05, 0.1) is 5.69 Å². The molecule has 0 fully saturated rings. The van der Waals surface area contributed by atoms with Crippen LogP contribution < -0.4 is 14.5 Å². The van der Waals surface area contributed by atoms with E-state index in [1.165, 1.54) is 29.7 Å². The molecule has 7 rings (SSSR count). The van der Waals surface area contributed by atoms with E-state index in [0.717, 1.165) is 34.1 Å². The molecule has 0 saturated heterocycles. The fraction of sp³-hybridized carbons (Fsp3) is 0.273. The van der Waals surface area contributed by atoms with E-state index in [1.54, 1.807) is 6.20 Å². The Morgan fingerprint density at radius 1 is 0.921 bits per heavy atom. The number of pyridine rings is 1. The zero-order valence-electron chi connectivity index (χ0n) is 22.5. The van der Waals surface area contributed by atoms with Crippen molar-refractivity contribution < 1.29 is 24.8 Å². The fourth-order valence-electron chi connectivity index (χ4n) is 5.65. The van der Waals surface area contributed by atoms with Gasteiger partial charge in [0, 0.05) is 17.6 Å². The van der Waals surface area contributed by atoms with Crippen LogP contribution in [0.1, 0.15) is 51.7 Å². The molecular formula is C33H32IrN3O. The van der Waals surface area contributed by atoms with E-state index in [1.807, 2.05) is 42.5 Å². The standard InChI is InChI=1S/C22H24N2O.C11H8N.Ir/c1-21(2)11-12-22(3,4)18-14(21)9-10-16-20(18)25-17-8-6-7-15-19(17)24(16)13-23(15)5;1-2-6-10(7-3-1)11-8-4-5-9-12-11;/h6-9,13H,11-12H2,1-5H3;1-6,8-9H;/q-2;-1;+3. The molecule has 0 radical (unpaired) electrons. The van der Waals surface area contributed by atoms with Gasteiger partial charge in [-0.3, -0.25) is 0 Å². The first-order valence-corrected chi connectivity index (χ1v) is 12.9. The third-order valence-electron chi connectivity index (χ3n) is 7.84. The molecule has 5 heteroatoms. The molecule has 0 N–H and O–H groups in total. The zero-order chi connectivity index (χ0) is 25.8.